The van der Waals surface area contributed by atoms with Gasteiger partial charge in [0.15, 0.2) is 0 Å². The first-order valence-corrected chi connectivity index (χ1v) is 10.2. The highest BCUT2D eigenvalue weighted by atomic mass is 32.1. The molecule has 0 radical (unpaired) electrons. The second kappa shape index (κ2) is 7.97. The van der Waals surface area contributed by atoms with E-state index in [9.17, 15) is 4.79 Å². The molecule has 138 valence electrons. The summed E-state index contributed by atoms with van der Waals surface area (Å²) in [6.07, 6.45) is 2.32. The topological polar surface area (TPSA) is 29.5 Å². The molecule has 1 amide bonds. The molecular weight excluding hydrogens is 354 g/mol. The fraction of sp³-hybridized carbons (Fsp3) is 0.261. The van der Waals surface area contributed by atoms with E-state index in [0.29, 0.717) is 5.92 Å². The standard InChI is InChI=1S/C23H23NO2S/c1-17-6-5-15-24(16-17)23(25)22-14-13-21(27-22)18-9-11-20(12-10-18)26-19-7-3-2-4-8-19/h2-4,7-14,17H,5-6,15-16H2,1H3/t17-/m1/s1. The molecule has 4 heteroatoms. The lowest BCUT2D eigenvalue weighted by atomic mass is 10.0. The third kappa shape index (κ3) is 4.22. The van der Waals surface area contributed by atoms with Gasteiger partial charge in [-0.1, -0.05) is 25.1 Å². The number of likely N-dealkylation sites (tertiary alicyclic amines) is 1. The second-order valence-corrected chi connectivity index (χ2v) is 8.19. The number of piperidine rings is 1. The van der Waals surface area contributed by atoms with Gasteiger partial charge < -0.3 is 9.64 Å². The van der Waals surface area contributed by atoms with E-state index in [2.05, 4.69) is 6.92 Å². The third-order valence-corrected chi connectivity index (χ3v) is 6.00. The van der Waals surface area contributed by atoms with E-state index >= 15 is 0 Å². The van der Waals surface area contributed by atoms with Gasteiger partial charge in [0.25, 0.3) is 5.91 Å². The predicted molar refractivity (Wildman–Crippen MR) is 111 cm³/mol. The van der Waals surface area contributed by atoms with Crippen molar-refractivity contribution in [3.63, 3.8) is 0 Å². The van der Waals surface area contributed by atoms with Crippen LogP contribution in [0, 0.1) is 5.92 Å². The molecule has 2 aromatic carbocycles. The first-order valence-electron chi connectivity index (χ1n) is 9.41. The van der Waals surface area contributed by atoms with Crippen molar-refractivity contribution in [1.29, 1.82) is 0 Å². The number of nitrogens with zero attached hydrogens (tertiary/aromatic N) is 1. The van der Waals surface area contributed by atoms with Crippen LogP contribution in [0.4, 0.5) is 0 Å². The molecule has 0 spiro atoms. The molecule has 27 heavy (non-hydrogen) atoms. The molecule has 1 atom stereocenters. The second-order valence-electron chi connectivity index (χ2n) is 7.10. The van der Waals surface area contributed by atoms with Crippen LogP contribution in [-0.4, -0.2) is 23.9 Å². The molecule has 3 nitrogen and oxygen atoms in total. The number of ether oxygens (including phenoxy) is 1. The summed E-state index contributed by atoms with van der Waals surface area (Å²) in [5.74, 6) is 2.39. The zero-order valence-corrected chi connectivity index (χ0v) is 16.2. The van der Waals surface area contributed by atoms with Crippen molar-refractivity contribution < 1.29 is 9.53 Å². The van der Waals surface area contributed by atoms with E-state index in [4.69, 9.17) is 4.74 Å². The lowest BCUT2D eigenvalue weighted by Crippen LogP contribution is -2.38. The van der Waals surface area contributed by atoms with Crippen molar-refractivity contribution in [1.82, 2.24) is 4.90 Å². The summed E-state index contributed by atoms with van der Waals surface area (Å²) < 4.78 is 5.84. The number of para-hydroxylation sites is 1. The van der Waals surface area contributed by atoms with E-state index in [1.165, 1.54) is 6.42 Å². The average Bonchev–Trinajstić information content (AvgIpc) is 3.19. The lowest BCUT2D eigenvalue weighted by Gasteiger charge is -2.30. The van der Waals surface area contributed by atoms with Crippen LogP contribution < -0.4 is 4.74 Å². The molecule has 1 aliphatic heterocycles. The molecule has 1 saturated heterocycles. The minimum absolute atomic E-state index is 0.168. The fourth-order valence-electron chi connectivity index (χ4n) is 3.45. The summed E-state index contributed by atoms with van der Waals surface area (Å²) in [4.78, 5) is 16.7. The number of carbonyl (C=O) groups is 1. The average molecular weight is 378 g/mol. The molecule has 1 aliphatic rings. The normalized spacial score (nSPS) is 16.9. The number of rotatable bonds is 4. The lowest BCUT2D eigenvalue weighted by molar-refractivity contribution is 0.0688. The maximum absolute atomic E-state index is 12.8. The van der Waals surface area contributed by atoms with Crippen LogP contribution in [-0.2, 0) is 0 Å². The Balaban J connectivity index is 1.45. The van der Waals surface area contributed by atoms with Crippen LogP contribution in [0.25, 0.3) is 10.4 Å². The van der Waals surface area contributed by atoms with Crippen molar-refractivity contribution in [2.24, 2.45) is 5.92 Å². The van der Waals surface area contributed by atoms with Crippen LogP contribution in [0.3, 0.4) is 0 Å². The Kier molecular flexibility index (Phi) is 5.26. The Bertz CT molecular complexity index is 902. The van der Waals surface area contributed by atoms with Crippen molar-refractivity contribution >= 4 is 17.2 Å². The zero-order valence-electron chi connectivity index (χ0n) is 15.4. The molecule has 3 aromatic rings. The fourth-order valence-corrected chi connectivity index (χ4v) is 4.43. The molecule has 2 heterocycles. The quantitative estimate of drug-likeness (QED) is 0.551. The highest BCUT2D eigenvalue weighted by Crippen LogP contribution is 2.31. The van der Waals surface area contributed by atoms with Gasteiger partial charge >= 0.3 is 0 Å². The van der Waals surface area contributed by atoms with Gasteiger partial charge in [0, 0.05) is 18.0 Å². The molecule has 1 fully saturated rings. The number of benzene rings is 2. The first kappa shape index (κ1) is 17.8. The molecule has 0 unspecified atom stereocenters. The van der Waals surface area contributed by atoms with Gasteiger partial charge in [-0.15, -0.1) is 11.3 Å². The van der Waals surface area contributed by atoms with Crippen LogP contribution in [0.5, 0.6) is 11.5 Å². The van der Waals surface area contributed by atoms with Gasteiger partial charge in [-0.3, -0.25) is 4.79 Å². The van der Waals surface area contributed by atoms with E-state index < -0.39 is 0 Å². The zero-order chi connectivity index (χ0) is 18.6. The molecular formula is C23H23NO2S. The monoisotopic (exact) mass is 377 g/mol. The molecule has 0 saturated carbocycles. The van der Waals surface area contributed by atoms with E-state index in [0.717, 1.165) is 46.3 Å². The maximum Gasteiger partial charge on any atom is 0.263 e. The summed E-state index contributed by atoms with van der Waals surface area (Å²) in [5.41, 5.74) is 1.10. The summed E-state index contributed by atoms with van der Waals surface area (Å²) in [7, 11) is 0. The smallest absolute Gasteiger partial charge is 0.263 e. The Morgan fingerprint density at radius 2 is 1.74 bits per heavy atom. The minimum Gasteiger partial charge on any atom is -0.457 e. The number of hydrogen-bond acceptors (Lipinski definition) is 3. The van der Waals surface area contributed by atoms with Crippen LogP contribution >= 0.6 is 11.3 Å². The first-order chi connectivity index (χ1) is 13.2. The van der Waals surface area contributed by atoms with Gasteiger partial charge in [-0.25, -0.2) is 0 Å². The number of carbonyl (C=O) groups excluding carboxylic acids is 1. The Labute approximate surface area is 164 Å². The summed E-state index contributed by atoms with van der Waals surface area (Å²) in [6.45, 7) is 3.97. The number of amides is 1. The van der Waals surface area contributed by atoms with Crippen LogP contribution in [0.2, 0.25) is 0 Å². The predicted octanol–water partition coefficient (Wildman–Crippen LogP) is 6.08. The van der Waals surface area contributed by atoms with Gasteiger partial charge in [0.1, 0.15) is 11.5 Å². The van der Waals surface area contributed by atoms with Gasteiger partial charge in [0.2, 0.25) is 0 Å². The summed E-state index contributed by atoms with van der Waals surface area (Å²) in [5, 5.41) is 0. The van der Waals surface area contributed by atoms with E-state index in [1.807, 2.05) is 71.6 Å². The van der Waals surface area contributed by atoms with Crippen molar-refractivity contribution in [2.45, 2.75) is 19.8 Å². The third-order valence-electron chi connectivity index (χ3n) is 4.88. The summed E-state index contributed by atoms with van der Waals surface area (Å²) in [6, 6.07) is 21.8. The molecule has 0 bridgehead atoms. The molecule has 1 aromatic heterocycles. The minimum atomic E-state index is 0.168. The summed E-state index contributed by atoms with van der Waals surface area (Å²) >= 11 is 1.57. The Morgan fingerprint density at radius 1 is 1.00 bits per heavy atom. The molecule has 4 rings (SSSR count). The van der Waals surface area contributed by atoms with E-state index in [1.54, 1.807) is 11.3 Å². The van der Waals surface area contributed by atoms with Gasteiger partial charge in [-0.2, -0.15) is 0 Å². The Morgan fingerprint density at radius 3 is 2.48 bits per heavy atom. The maximum atomic E-state index is 12.8. The number of hydrogen-bond donors (Lipinski definition) is 0. The van der Waals surface area contributed by atoms with Gasteiger partial charge in [-0.05, 0) is 72.9 Å². The van der Waals surface area contributed by atoms with Crippen molar-refractivity contribution in [3.05, 3.63) is 71.6 Å². The molecule has 0 N–H and O–H groups in total. The molecule has 0 aliphatic carbocycles. The SMILES string of the molecule is C[C@@H]1CCCN(C(=O)c2ccc(-c3ccc(Oc4ccccc4)cc3)s2)C1. The van der Waals surface area contributed by atoms with E-state index in [-0.39, 0.29) is 5.91 Å². The van der Waals surface area contributed by atoms with Gasteiger partial charge in [0.05, 0.1) is 4.88 Å². The van der Waals surface area contributed by atoms with Crippen LogP contribution in [0.15, 0.2) is 66.7 Å². The van der Waals surface area contributed by atoms with Crippen LogP contribution in [0.1, 0.15) is 29.4 Å². The Hall–Kier alpha value is -2.59. The van der Waals surface area contributed by atoms with Crippen molar-refractivity contribution in [3.8, 4) is 21.9 Å². The highest BCUT2D eigenvalue weighted by Gasteiger charge is 2.23. The largest absolute Gasteiger partial charge is 0.457 e. The van der Waals surface area contributed by atoms with Crippen molar-refractivity contribution in [2.75, 3.05) is 13.1 Å². The number of thiophene rings is 1. The highest BCUT2D eigenvalue weighted by molar-refractivity contribution is 7.17.